The van der Waals surface area contributed by atoms with Crippen LogP contribution in [-0.2, 0) is 4.74 Å². The highest BCUT2D eigenvalue weighted by Gasteiger charge is 2.16. The molecule has 0 amide bonds. The van der Waals surface area contributed by atoms with Crippen LogP contribution in [0.5, 0.6) is 0 Å². The molecule has 0 saturated heterocycles. The first-order chi connectivity index (χ1) is 10.4. The van der Waals surface area contributed by atoms with Crippen molar-refractivity contribution in [2.75, 3.05) is 6.61 Å². The van der Waals surface area contributed by atoms with Crippen LogP contribution in [0.4, 0.5) is 5.69 Å². The van der Waals surface area contributed by atoms with Gasteiger partial charge in [-0.25, -0.2) is 4.79 Å². The van der Waals surface area contributed by atoms with Gasteiger partial charge in [-0.15, -0.1) is 11.3 Å². The molecule has 0 atom stereocenters. The summed E-state index contributed by atoms with van der Waals surface area (Å²) in [6, 6.07) is 7.01. The number of carbonyl (C=O) groups is 2. The van der Waals surface area contributed by atoms with Gasteiger partial charge in [0.1, 0.15) is 0 Å². The zero-order valence-corrected chi connectivity index (χ0v) is 12.9. The fourth-order valence-electron chi connectivity index (χ4n) is 1.74. The molecule has 0 fully saturated rings. The number of hydrogen-bond acceptors (Lipinski definition) is 6. The molecule has 0 aliphatic rings. The van der Waals surface area contributed by atoms with Gasteiger partial charge < -0.3 is 4.74 Å². The van der Waals surface area contributed by atoms with Crippen molar-refractivity contribution in [3.8, 4) is 0 Å². The van der Waals surface area contributed by atoms with Gasteiger partial charge in [0.25, 0.3) is 5.69 Å². The Kier molecular flexibility index (Phi) is 4.89. The van der Waals surface area contributed by atoms with E-state index in [4.69, 9.17) is 16.3 Å². The van der Waals surface area contributed by atoms with Gasteiger partial charge in [-0.3, -0.25) is 14.9 Å². The quantitative estimate of drug-likeness (QED) is 0.359. The molecule has 0 spiro atoms. The Labute approximate surface area is 134 Å². The number of carbonyl (C=O) groups excluding carboxylic acids is 2. The average molecular weight is 340 g/mol. The van der Waals surface area contributed by atoms with Gasteiger partial charge in [-0.05, 0) is 31.2 Å². The summed E-state index contributed by atoms with van der Waals surface area (Å²) in [5.74, 6) is -1.07. The molecule has 0 aliphatic carbocycles. The SMILES string of the molecule is Cc1cc(C(=O)OCC(=O)c2ccc(Cl)s2)ccc1[N+](=O)[O-]. The van der Waals surface area contributed by atoms with Gasteiger partial charge >= 0.3 is 5.97 Å². The molecule has 1 aromatic carbocycles. The van der Waals surface area contributed by atoms with Gasteiger partial charge in [0.15, 0.2) is 6.61 Å². The van der Waals surface area contributed by atoms with Gasteiger partial charge in [-0.2, -0.15) is 0 Å². The number of benzene rings is 1. The summed E-state index contributed by atoms with van der Waals surface area (Å²) in [7, 11) is 0. The van der Waals surface area contributed by atoms with Crippen molar-refractivity contribution in [2.45, 2.75) is 6.92 Å². The maximum Gasteiger partial charge on any atom is 0.338 e. The van der Waals surface area contributed by atoms with Crippen LogP contribution in [0.25, 0.3) is 0 Å². The predicted molar refractivity (Wildman–Crippen MR) is 81.8 cm³/mol. The number of rotatable bonds is 5. The summed E-state index contributed by atoms with van der Waals surface area (Å²) in [5, 5.41) is 10.7. The lowest BCUT2D eigenvalue weighted by atomic mass is 10.1. The van der Waals surface area contributed by atoms with E-state index >= 15 is 0 Å². The van der Waals surface area contributed by atoms with E-state index in [1.54, 1.807) is 12.1 Å². The summed E-state index contributed by atoms with van der Waals surface area (Å²) < 4.78 is 5.39. The highest BCUT2D eigenvalue weighted by molar-refractivity contribution is 7.18. The van der Waals surface area contributed by atoms with Crippen molar-refractivity contribution < 1.29 is 19.2 Å². The number of nitro groups is 1. The predicted octanol–water partition coefficient (Wildman–Crippen LogP) is 3.66. The fourth-order valence-corrected chi connectivity index (χ4v) is 2.70. The third-order valence-electron chi connectivity index (χ3n) is 2.81. The van der Waals surface area contributed by atoms with E-state index in [2.05, 4.69) is 0 Å². The van der Waals surface area contributed by atoms with Crippen molar-refractivity contribution >= 4 is 40.4 Å². The highest BCUT2D eigenvalue weighted by Crippen LogP contribution is 2.22. The number of hydrogen-bond donors (Lipinski definition) is 0. The first-order valence-electron chi connectivity index (χ1n) is 6.09. The van der Waals surface area contributed by atoms with Crippen molar-refractivity contribution in [1.82, 2.24) is 0 Å². The number of halogens is 1. The van der Waals surface area contributed by atoms with E-state index in [1.165, 1.54) is 25.1 Å². The van der Waals surface area contributed by atoms with Gasteiger partial charge in [0.05, 0.1) is 19.7 Å². The second-order valence-electron chi connectivity index (χ2n) is 4.36. The van der Waals surface area contributed by atoms with E-state index < -0.39 is 17.5 Å². The van der Waals surface area contributed by atoms with Crippen molar-refractivity contribution in [3.63, 3.8) is 0 Å². The Hall–Kier alpha value is -2.25. The largest absolute Gasteiger partial charge is 0.454 e. The van der Waals surface area contributed by atoms with Gasteiger partial charge in [-0.1, -0.05) is 11.6 Å². The lowest BCUT2D eigenvalue weighted by Crippen LogP contribution is -2.13. The summed E-state index contributed by atoms with van der Waals surface area (Å²) >= 11 is 6.82. The van der Waals surface area contributed by atoms with Crippen LogP contribution in [0.2, 0.25) is 4.34 Å². The molecule has 2 rings (SSSR count). The standard InChI is InChI=1S/C14H10ClNO5S/c1-8-6-9(2-3-10(8)16(19)20)14(18)21-7-11(17)12-4-5-13(15)22-12/h2-6H,7H2,1H3. The minimum atomic E-state index is -0.714. The Balaban J connectivity index is 2.02. The van der Waals surface area contributed by atoms with E-state index in [9.17, 15) is 19.7 Å². The van der Waals surface area contributed by atoms with Crippen LogP contribution in [0.15, 0.2) is 30.3 Å². The molecule has 0 radical (unpaired) electrons. The van der Waals surface area contributed by atoms with Crippen molar-refractivity contribution in [2.24, 2.45) is 0 Å². The third kappa shape index (κ3) is 3.69. The zero-order valence-electron chi connectivity index (χ0n) is 11.4. The second-order valence-corrected chi connectivity index (χ2v) is 6.08. The maximum absolute atomic E-state index is 11.9. The van der Waals surface area contributed by atoms with E-state index in [-0.39, 0.29) is 17.0 Å². The molecule has 22 heavy (non-hydrogen) atoms. The number of esters is 1. The lowest BCUT2D eigenvalue weighted by Gasteiger charge is -2.04. The maximum atomic E-state index is 11.9. The Morgan fingerprint density at radius 1 is 1.32 bits per heavy atom. The highest BCUT2D eigenvalue weighted by atomic mass is 35.5. The minimum absolute atomic E-state index is 0.0825. The van der Waals surface area contributed by atoms with Crippen LogP contribution in [0, 0.1) is 17.0 Å². The molecular formula is C14H10ClNO5S. The smallest absolute Gasteiger partial charge is 0.338 e. The average Bonchev–Trinajstić information content (AvgIpc) is 2.90. The molecular weight excluding hydrogens is 330 g/mol. The van der Waals surface area contributed by atoms with Crippen molar-refractivity contribution in [3.05, 3.63) is 60.8 Å². The summed E-state index contributed by atoms with van der Waals surface area (Å²) in [6.45, 7) is 1.11. The lowest BCUT2D eigenvalue weighted by molar-refractivity contribution is -0.385. The molecule has 0 N–H and O–H groups in total. The zero-order chi connectivity index (χ0) is 16.3. The molecule has 0 unspecified atom stereocenters. The Morgan fingerprint density at radius 2 is 2.05 bits per heavy atom. The first kappa shape index (κ1) is 16.1. The monoisotopic (exact) mass is 339 g/mol. The number of ketones is 1. The summed E-state index contributed by atoms with van der Waals surface area (Å²) in [5.41, 5.74) is 0.414. The number of nitrogens with zero attached hydrogens (tertiary/aromatic N) is 1. The molecule has 0 saturated carbocycles. The number of Topliss-reactive ketones (excluding diaryl/α,β-unsaturated/α-hetero) is 1. The number of ether oxygens (including phenoxy) is 1. The number of aryl methyl sites for hydroxylation is 1. The molecule has 2 aromatic rings. The number of thiophene rings is 1. The third-order valence-corrected chi connectivity index (χ3v) is 4.08. The molecule has 0 bridgehead atoms. The van der Waals surface area contributed by atoms with E-state index in [0.717, 1.165) is 11.3 Å². The second kappa shape index (κ2) is 6.67. The normalized spacial score (nSPS) is 10.3. The van der Waals surface area contributed by atoms with Crippen LogP contribution in [0.3, 0.4) is 0 Å². The van der Waals surface area contributed by atoms with Crippen LogP contribution in [0.1, 0.15) is 25.6 Å². The Bertz CT molecular complexity index is 755. The topological polar surface area (TPSA) is 86.5 Å². The van der Waals surface area contributed by atoms with Gasteiger partial charge in [0.2, 0.25) is 5.78 Å². The van der Waals surface area contributed by atoms with E-state index in [1.807, 2.05) is 0 Å². The summed E-state index contributed by atoms with van der Waals surface area (Å²) in [6.07, 6.45) is 0. The molecule has 1 heterocycles. The molecule has 0 aliphatic heterocycles. The molecule has 1 aromatic heterocycles. The Morgan fingerprint density at radius 3 is 2.59 bits per heavy atom. The van der Waals surface area contributed by atoms with Crippen LogP contribution < -0.4 is 0 Å². The molecule has 114 valence electrons. The van der Waals surface area contributed by atoms with Crippen molar-refractivity contribution in [1.29, 1.82) is 0 Å². The van der Waals surface area contributed by atoms with Crippen LogP contribution >= 0.6 is 22.9 Å². The van der Waals surface area contributed by atoms with E-state index in [0.29, 0.717) is 14.8 Å². The molecule has 6 nitrogen and oxygen atoms in total. The fraction of sp³-hybridized carbons (Fsp3) is 0.143. The van der Waals surface area contributed by atoms with Crippen LogP contribution in [-0.4, -0.2) is 23.3 Å². The number of nitro benzene ring substituents is 1. The molecule has 8 heteroatoms. The summed E-state index contributed by atoms with van der Waals surface area (Å²) in [4.78, 5) is 34.2. The minimum Gasteiger partial charge on any atom is -0.454 e. The van der Waals surface area contributed by atoms with Gasteiger partial charge in [0, 0.05) is 11.6 Å². The first-order valence-corrected chi connectivity index (χ1v) is 7.28.